The minimum Gasteiger partial charge on any atom is -0.341 e. The Morgan fingerprint density at radius 2 is 1.21 bits per heavy atom. The van der Waals surface area contributed by atoms with Crippen LogP contribution in [0.25, 0.3) is 0 Å². The number of imidazole rings is 1. The Morgan fingerprint density at radius 3 is 1.42 bits per heavy atom. The first kappa shape index (κ1) is 47.2. The highest BCUT2D eigenvalue weighted by Crippen LogP contribution is 1.89. The largest absolute Gasteiger partial charge is 0.341 e. The molecule has 9 heterocycles. The Labute approximate surface area is 331 Å². The molecule has 0 aliphatic heterocycles. The van der Waals surface area contributed by atoms with Crippen LogP contribution in [0, 0.1) is 20.8 Å². The van der Waals surface area contributed by atoms with Crippen molar-refractivity contribution in [2.45, 2.75) is 20.8 Å². The van der Waals surface area contributed by atoms with Gasteiger partial charge in [0.15, 0.2) is 0 Å². The molecule has 0 N–H and O–H groups in total. The molecule has 0 aliphatic carbocycles. The zero-order valence-electron chi connectivity index (χ0n) is 33.6. The Kier molecular flexibility index (Phi) is 26.3. The number of rotatable bonds is 0. The summed E-state index contributed by atoms with van der Waals surface area (Å²) in [6.07, 6.45) is 26.1. The van der Waals surface area contributed by atoms with Gasteiger partial charge in [-0.15, -0.1) is 15.0 Å². The van der Waals surface area contributed by atoms with Crippen LogP contribution in [0.3, 0.4) is 0 Å². The van der Waals surface area contributed by atoms with Gasteiger partial charge in [-0.05, 0) is 99.6 Å². The van der Waals surface area contributed by atoms with Crippen LogP contribution in [0.1, 0.15) is 16.8 Å². The molecule has 22 heteroatoms. The Morgan fingerprint density at radius 1 is 0.439 bits per heavy atom. The van der Waals surface area contributed by atoms with Crippen LogP contribution in [-0.2, 0) is 42.3 Å². The summed E-state index contributed by atoms with van der Waals surface area (Å²) in [5.41, 5.74) is 3.54. The number of pyridine rings is 3. The van der Waals surface area contributed by atoms with E-state index in [-0.39, 0.29) is 0 Å². The molecule has 0 spiro atoms. The second-order valence-corrected chi connectivity index (χ2v) is 10.9. The number of hydrogen-bond acceptors (Lipinski definition) is 16. The van der Waals surface area contributed by atoms with Crippen LogP contribution in [0.4, 0.5) is 0 Å². The molecule has 0 unspecified atom stereocenters. The fourth-order valence-corrected chi connectivity index (χ4v) is 2.91. The van der Waals surface area contributed by atoms with Crippen LogP contribution >= 0.6 is 0 Å². The third-order valence-electron chi connectivity index (χ3n) is 5.65. The summed E-state index contributed by atoms with van der Waals surface area (Å²) in [6, 6.07) is 15.6. The normalized spacial score (nSPS) is 8.79. The summed E-state index contributed by atoms with van der Waals surface area (Å²) in [5, 5.41) is 37.9. The maximum absolute atomic E-state index is 3.98. The maximum Gasteiger partial charge on any atom is 0.137 e. The van der Waals surface area contributed by atoms with Gasteiger partial charge in [-0.3, -0.25) is 29.0 Å². The van der Waals surface area contributed by atoms with Gasteiger partial charge in [0.1, 0.15) is 19.0 Å². The lowest BCUT2D eigenvalue weighted by molar-refractivity contribution is 0.622. The summed E-state index contributed by atoms with van der Waals surface area (Å²) < 4.78 is 8.44. The molecule has 0 fully saturated rings. The van der Waals surface area contributed by atoms with Gasteiger partial charge in [0.2, 0.25) is 0 Å². The lowest BCUT2D eigenvalue weighted by Crippen LogP contribution is -1.91. The Bertz CT molecular complexity index is 1700. The smallest absolute Gasteiger partial charge is 0.137 e. The second-order valence-electron chi connectivity index (χ2n) is 10.9. The molecule has 0 radical (unpaired) electrons. The zero-order valence-corrected chi connectivity index (χ0v) is 33.6. The molecule has 9 rings (SSSR count). The van der Waals surface area contributed by atoms with Gasteiger partial charge in [0.25, 0.3) is 0 Å². The fourth-order valence-electron chi connectivity index (χ4n) is 2.91. The van der Waals surface area contributed by atoms with Gasteiger partial charge in [0.05, 0.1) is 19.6 Å². The number of aromatic nitrogens is 22. The van der Waals surface area contributed by atoms with Gasteiger partial charge in [-0.2, -0.15) is 10.2 Å². The van der Waals surface area contributed by atoms with E-state index in [0.717, 1.165) is 5.69 Å². The number of aryl methyl sites for hydroxylation is 9. The van der Waals surface area contributed by atoms with Crippen molar-refractivity contribution in [3.05, 3.63) is 159 Å². The molecule has 0 saturated carbocycles. The van der Waals surface area contributed by atoms with E-state index in [1.54, 1.807) is 90.4 Å². The lowest BCUT2D eigenvalue weighted by atomic mass is 10.3. The molecule has 9 aromatic heterocycles. The lowest BCUT2D eigenvalue weighted by Gasteiger charge is -1.82. The minimum atomic E-state index is 1.07. The highest BCUT2D eigenvalue weighted by Gasteiger charge is 1.77. The molecule has 300 valence electrons. The van der Waals surface area contributed by atoms with E-state index in [4.69, 9.17) is 0 Å². The SMILES string of the molecule is Cc1ccccn1.Cc1cccnc1.Cc1ccncc1.Cn1cccn1.Cn1ccnc1.Cn1ccnn1.Cn1cncn1.Cn1cnnn1.Cn1nnnn1. The van der Waals surface area contributed by atoms with Gasteiger partial charge in [-0.1, -0.05) is 17.3 Å². The third kappa shape index (κ3) is 30.4. The number of hydrogen-bond donors (Lipinski definition) is 0. The van der Waals surface area contributed by atoms with Gasteiger partial charge < -0.3 is 4.57 Å². The van der Waals surface area contributed by atoms with Crippen molar-refractivity contribution < 1.29 is 0 Å². The van der Waals surface area contributed by atoms with Crippen molar-refractivity contribution in [3.63, 3.8) is 0 Å². The summed E-state index contributed by atoms with van der Waals surface area (Å²) >= 11 is 0. The average molecular weight is 779 g/mol. The van der Waals surface area contributed by atoms with E-state index >= 15 is 0 Å². The van der Waals surface area contributed by atoms with Crippen LogP contribution in [0.5, 0.6) is 0 Å². The molecule has 0 aromatic carbocycles. The highest BCUT2D eigenvalue weighted by molar-refractivity contribution is 5.06. The molecule has 0 amide bonds. The number of nitrogens with zero attached hydrogens (tertiary/aromatic N) is 22. The van der Waals surface area contributed by atoms with Crippen molar-refractivity contribution in [2.24, 2.45) is 42.3 Å². The molecule has 0 atom stereocenters. The Hall–Kier alpha value is -7.78. The van der Waals surface area contributed by atoms with Crippen LogP contribution in [-0.4, -0.2) is 110 Å². The predicted octanol–water partition coefficient (Wildman–Crippen LogP) is 2.46. The molecule has 0 bridgehead atoms. The fraction of sp³-hybridized carbons (Fsp3) is 0.257. The van der Waals surface area contributed by atoms with Crippen molar-refractivity contribution in [2.75, 3.05) is 0 Å². The van der Waals surface area contributed by atoms with Crippen LogP contribution in [0.2, 0.25) is 0 Å². The van der Waals surface area contributed by atoms with Crippen LogP contribution < -0.4 is 0 Å². The molecular weight excluding hydrogens is 729 g/mol. The van der Waals surface area contributed by atoms with Crippen molar-refractivity contribution in [3.8, 4) is 0 Å². The topological polar surface area (TPSA) is 236 Å². The second kappa shape index (κ2) is 31.7. The van der Waals surface area contributed by atoms with Crippen LogP contribution in [0.15, 0.2) is 142 Å². The first-order chi connectivity index (χ1) is 27.5. The van der Waals surface area contributed by atoms with E-state index in [9.17, 15) is 0 Å². The van der Waals surface area contributed by atoms with E-state index < -0.39 is 0 Å². The molecule has 22 nitrogen and oxygen atoms in total. The van der Waals surface area contributed by atoms with Gasteiger partial charge in [-0.25, -0.2) is 14.6 Å². The molecule has 0 saturated heterocycles. The maximum atomic E-state index is 3.98. The van der Waals surface area contributed by atoms with E-state index in [0.29, 0.717) is 0 Å². The zero-order chi connectivity index (χ0) is 41.8. The van der Waals surface area contributed by atoms with E-state index in [1.807, 2.05) is 121 Å². The average Bonchev–Trinajstić information content (AvgIpc) is 4.07. The summed E-state index contributed by atoms with van der Waals surface area (Å²) in [6.45, 7) is 6.04. The van der Waals surface area contributed by atoms with Gasteiger partial charge >= 0.3 is 0 Å². The van der Waals surface area contributed by atoms with Gasteiger partial charge in [0, 0.05) is 103 Å². The first-order valence-electron chi connectivity index (χ1n) is 16.8. The predicted molar refractivity (Wildman–Crippen MR) is 211 cm³/mol. The summed E-state index contributed by atoms with van der Waals surface area (Å²) in [7, 11) is 10.9. The Balaban J connectivity index is 0.000000321. The molecular formula is C35H50N22. The van der Waals surface area contributed by atoms with Crippen molar-refractivity contribution >= 4 is 0 Å². The minimum absolute atomic E-state index is 1.07. The molecule has 0 aliphatic rings. The van der Waals surface area contributed by atoms with E-state index in [1.165, 1.54) is 33.3 Å². The highest BCUT2D eigenvalue weighted by atomic mass is 15.7. The summed E-state index contributed by atoms with van der Waals surface area (Å²) in [5.74, 6) is 0. The third-order valence-corrected chi connectivity index (χ3v) is 5.65. The molecule has 57 heavy (non-hydrogen) atoms. The van der Waals surface area contributed by atoms with Crippen molar-refractivity contribution in [1.82, 2.24) is 110 Å². The molecule has 9 aromatic rings. The first-order valence-corrected chi connectivity index (χ1v) is 16.8. The summed E-state index contributed by atoms with van der Waals surface area (Å²) in [4.78, 5) is 20.4. The monoisotopic (exact) mass is 778 g/mol. The standard InChI is InChI=1S/3C6H7N.2C4H6N2.2C3H5N3.C2H4N4.CH3N5/c1-6-2-4-7-5-3-6;1-6-3-2-4-7-5-6;1-6-4-2-3-5-7-6;1-6-3-2-5-4-6;1-6-4-2-3-5-6;1-6-3-4-2-5-6;1-6-3-2-4-5-6;1-6-2-3-4-5-6;1-6-4-2-3-5-6/h3*2-5H,1H3;2*2-4H,1H3;2*2-3H,1H3;2H,1H3;1H3. The van der Waals surface area contributed by atoms with E-state index in [2.05, 4.69) is 81.8 Å². The van der Waals surface area contributed by atoms with Crippen molar-refractivity contribution in [1.29, 1.82) is 0 Å². The quantitative estimate of drug-likeness (QED) is 0.215. The number of tetrazole rings is 1.